The standard InChI is InChI=1S/C9H13BrN2/c1-12-9(6-11)7-3-2-4-8(10)5-7/h2-5,9,12H,6,11H2,1H3. The highest BCUT2D eigenvalue weighted by Crippen LogP contribution is 2.16. The number of hydrogen-bond acceptors (Lipinski definition) is 2. The predicted molar refractivity (Wildman–Crippen MR) is 55.0 cm³/mol. The molecule has 0 saturated carbocycles. The highest BCUT2D eigenvalue weighted by molar-refractivity contribution is 9.10. The van der Waals surface area contributed by atoms with E-state index in [1.54, 1.807) is 0 Å². The van der Waals surface area contributed by atoms with Crippen LogP contribution in [-0.4, -0.2) is 13.6 Å². The van der Waals surface area contributed by atoms with E-state index in [-0.39, 0.29) is 6.04 Å². The van der Waals surface area contributed by atoms with Gasteiger partial charge in [-0.15, -0.1) is 0 Å². The van der Waals surface area contributed by atoms with Crippen LogP contribution in [0.2, 0.25) is 0 Å². The number of hydrogen-bond donors (Lipinski definition) is 2. The van der Waals surface area contributed by atoms with Crippen LogP contribution in [0.1, 0.15) is 11.6 Å². The molecule has 0 heterocycles. The highest BCUT2D eigenvalue weighted by atomic mass is 79.9. The summed E-state index contributed by atoms with van der Waals surface area (Å²) in [5, 5.41) is 3.15. The van der Waals surface area contributed by atoms with E-state index in [4.69, 9.17) is 5.73 Å². The maximum absolute atomic E-state index is 5.59. The topological polar surface area (TPSA) is 38.0 Å². The average molecular weight is 229 g/mol. The van der Waals surface area contributed by atoms with Crippen molar-refractivity contribution in [3.8, 4) is 0 Å². The van der Waals surface area contributed by atoms with Gasteiger partial charge in [-0.05, 0) is 24.7 Å². The summed E-state index contributed by atoms with van der Waals surface area (Å²) in [6.45, 7) is 0.618. The number of rotatable bonds is 3. The van der Waals surface area contributed by atoms with Crippen LogP contribution >= 0.6 is 15.9 Å². The van der Waals surface area contributed by atoms with Crippen LogP contribution in [0.5, 0.6) is 0 Å². The molecule has 1 unspecified atom stereocenters. The molecule has 0 spiro atoms. The SMILES string of the molecule is CNC(CN)c1cccc(Br)c1. The van der Waals surface area contributed by atoms with Crippen molar-refractivity contribution < 1.29 is 0 Å². The van der Waals surface area contributed by atoms with E-state index in [9.17, 15) is 0 Å². The van der Waals surface area contributed by atoms with Crippen LogP contribution in [-0.2, 0) is 0 Å². The zero-order chi connectivity index (χ0) is 8.97. The number of halogens is 1. The molecule has 0 aliphatic rings. The van der Waals surface area contributed by atoms with E-state index in [0.717, 1.165) is 4.47 Å². The van der Waals surface area contributed by atoms with Gasteiger partial charge in [0, 0.05) is 17.1 Å². The number of likely N-dealkylation sites (N-methyl/N-ethyl adjacent to an activating group) is 1. The van der Waals surface area contributed by atoms with Crippen molar-refractivity contribution in [3.63, 3.8) is 0 Å². The first kappa shape index (κ1) is 9.71. The molecule has 0 aromatic heterocycles. The lowest BCUT2D eigenvalue weighted by Gasteiger charge is -2.13. The van der Waals surface area contributed by atoms with Crippen molar-refractivity contribution >= 4 is 15.9 Å². The van der Waals surface area contributed by atoms with Gasteiger partial charge in [-0.1, -0.05) is 28.1 Å². The molecular formula is C9H13BrN2. The first-order chi connectivity index (χ1) is 5.77. The minimum absolute atomic E-state index is 0.252. The minimum Gasteiger partial charge on any atom is -0.329 e. The molecule has 12 heavy (non-hydrogen) atoms. The summed E-state index contributed by atoms with van der Waals surface area (Å²) >= 11 is 3.42. The summed E-state index contributed by atoms with van der Waals surface area (Å²) in [5.74, 6) is 0. The van der Waals surface area contributed by atoms with Gasteiger partial charge >= 0.3 is 0 Å². The van der Waals surface area contributed by atoms with Gasteiger partial charge in [-0.25, -0.2) is 0 Å². The zero-order valence-corrected chi connectivity index (χ0v) is 8.64. The Bertz CT molecular complexity index is 246. The molecule has 0 aliphatic heterocycles. The quantitative estimate of drug-likeness (QED) is 0.827. The molecule has 3 heteroatoms. The van der Waals surface area contributed by atoms with Crippen molar-refractivity contribution in [2.45, 2.75) is 6.04 Å². The van der Waals surface area contributed by atoms with E-state index < -0.39 is 0 Å². The normalized spacial score (nSPS) is 12.9. The van der Waals surface area contributed by atoms with Gasteiger partial charge < -0.3 is 11.1 Å². The van der Waals surface area contributed by atoms with Crippen molar-refractivity contribution in [1.82, 2.24) is 5.32 Å². The van der Waals surface area contributed by atoms with Crippen LogP contribution in [0.3, 0.4) is 0 Å². The smallest absolute Gasteiger partial charge is 0.0442 e. The maximum Gasteiger partial charge on any atom is 0.0442 e. The Morgan fingerprint density at radius 3 is 2.83 bits per heavy atom. The molecule has 0 amide bonds. The molecule has 0 bridgehead atoms. The Balaban J connectivity index is 2.85. The summed E-state index contributed by atoms with van der Waals surface area (Å²) in [6.07, 6.45) is 0. The third kappa shape index (κ3) is 2.30. The first-order valence-electron chi connectivity index (χ1n) is 3.90. The number of nitrogens with two attached hydrogens (primary N) is 1. The summed E-state index contributed by atoms with van der Waals surface area (Å²) in [4.78, 5) is 0. The highest BCUT2D eigenvalue weighted by Gasteiger charge is 2.05. The monoisotopic (exact) mass is 228 g/mol. The first-order valence-corrected chi connectivity index (χ1v) is 4.70. The summed E-state index contributed by atoms with van der Waals surface area (Å²) in [7, 11) is 1.92. The van der Waals surface area contributed by atoms with E-state index in [2.05, 4.69) is 33.4 Å². The van der Waals surface area contributed by atoms with Gasteiger partial charge in [0.15, 0.2) is 0 Å². The van der Waals surface area contributed by atoms with E-state index in [1.165, 1.54) is 5.56 Å². The van der Waals surface area contributed by atoms with Gasteiger partial charge in [-0.3, -0.25) is 0 Å². The predicted octanol–water partition coefficient (Wildman–Crippen LogP) is 1.67. The van der Waals surface area contributed by atoms with Gasteiger partial charge in [0.05, 0.1) is 0 Å². The van der Waals surface area contributed by atoms with Crippen LogP contribution < -0.4 is 11.1 Å². The summed E-state index contributed by atoms with van der Waals surface area (Å²) in [6, 6.07) is 8.42. The molecule has 0 fully saturated rings. The number of benzene rings is 1. The second-order valence-corrected chi connectivity index (χ2v) is 3.55. The Kier molecular flexibility index (Phi) is 3.72. The summed E-state index contributed by atoms with van der Waals surface area (Å²) < 4.78 is 1.09. The molecule has 0 saturated heterocycles. The lowest BCUT2D eigenvalue weighted by molar-refractivity contribution is 0.605. The van der Waals surface area contributed by atoms with E-state index in [1.807, 2.05) is 19.2 Å². The lowest BCUT2D eigenvalue weighted by atomic mass is 10.1. The molecule has 1 aromatic carbocycles. The molecule has 3 N–H and O–H groups in total. The molecule has 1 aromatic rings. The fourth-order valence-corrected chi connectivity index (χ4v) is 1.56. The molecule has 2 nitrogen and oxygen atoms in total. The molecule has 66 valence electrons. The molecule has 1 atom stereocenters. The van der Waals surface area contributed by atoms with Gasteiger partial charge in [0.2, 0.25) is 0 Å². The molecular weight excluding hydrogens is 216 g/mol. The third-order valence-corrected chi connectivity index (χ3v) is 2.33. The van der Waals surface area contributed by atoms with Crippen LogP contribution in [0.4, 0.5) is 0 Å². The fourth-order valence-electron chi connectivity index (χ4n) is 1.14. The van der Waals surface area contributed by atoms with Gasteiger partial charge in [0.25, 0.3) is 0 Å². The van der Waals surface area contributed by atoms with Gasteiger partial charge in [0.1, 0.15) is 0 Å². The largest absolute Gasteiger partial charge is 0.329 e. The van der Waals surface area contributed by atoms with Crippen molar-refractivity contribution in [1.29, 1.82) is 0 Å². The Hall–Kier alpha value is -0.380. The molecule has 0 radical (unpaired) electrons. The minimum atomic E-state index is 0.252. The lowest BCUT2D eigenvalue weighted by Crippen LogP contribution is -2.24. The number of nitrogens with one attached hydrogen (secondary N) is 1. The summed E-state index contributed by atoms with van der Waals surface area (Å²) in [5.41, 5.74) is 6.80. The maximum atomic E-state index is 5.59. The van der Waals surface area contributed by atoms with Crippen LogP contribution in [0, 0.1) is 0 Å². The zero-order valence-electron chi connectivity index (χ0n) is 7.05. The molecule has 1 rings (SSSR count). The van der Waals surface area contributed by atoms with Crippen LogP contribution in [0.15, 0.2) is 28.7 Å². The second-order valence-electron chi connectivity index (χ2n) is 2.63. The fraction of sp³-hybridized carbons (Fsp3) is 0.333. The van der Waals surface area contributed by atoms with E-state index >= 15 is 0 Å². The Morgan fingerprint density at radius 1 is 1.58 bits per heavy atom. The van der Waals surface area contributed by atoms with Crippen molar-refractivity contribution in [2.75, 3.05) is 13.6 Å². The van der Waals surface area contributed by atoms with Crippen molar-refractivity contribution in [3.05, 3.63) is 34.3 Å². The molecule has 0 aliphatic carbocycles. The van der Waals surface area contributed by atoms with E-state index in [0.29, 0.717) is 6.54 Å². The Morgan fingerprint density at radius 2 is 2.33 bits per heavy atom. The average Bonchev–Trinajstić information content (AvgIpc) is 2.07. The van der Waals surface area contributed by atoms with Gasteiger partial charge in [-0.2, -0.15) is 0 Å². The second kappa shape index (κ2) is 4.60. The third-order valence-electron chi connectivity index (χ3n) is 1.84. The van der Waals surface area contributed by atoms with Crippen molar-refractivity contribution in [2.24, 2.45) is 5.73 Å². The Labute approximate surface area is 81.3 Å². The van der Waals surface area contributed by atoms with Crippen LogP contribution in [0.25, 0.3) is 0 Å².